The molecule has 0 unspecified atom stereocenters. The summed E-state index contributed by atoms with van der Waals surface area (Å²) >= 11 is 0. The molecule has 9 heavy (non-hydrogen) atoms. The van der Waals surface area contributed by atoms with Crippen LogP contribution in [0.1, 0.15) is 6.42 Å². The lowest BCUT2D eigenvalue weighted by molar-refractivity contribution is 0.184. The molecule has 0 spiro atoms. The summed E-state index contributed by atoms with van der Waals surface area (Å²) in [6.45, 7) is 0.686. The van der Waals surface area contributed by atoms with Crippen LogP contribution in [0.4, 0.5) is 0 Å². The molecule has 0 saturated carbocycles. The third kappa shape index (κ3) is 1.41. The van der Waals surface area contributed by atoms with Crippen molar-refractivity contribution in [2.24, 2.45) is 0 Å². The Morgan fingerprint density at radius 2 is 2.33 bits per heavy atom. The topological polar surface area (TPSA) is 43.7 Å². The second-order valence-corrected chi connectivity index (χ2v) is 2.50. The summed E-state index contributed by atoms with van der Waals surface area (Å²) in [5.41, 5.74) is 0. The van der Waals surface area contributed by atoms with E-state index < -0.39 is 0 Å². The molecule has 1 saturated heterocycles. The smallest absolute Gasteiger partial charge is 0.0658 e. The van der Waals surface area contributed by atoms with Gasteiger partial charge in [-0.15, -0.1) is 0 Å². The number of nitrogens with zero attached hydrogens (tertiary/aromatic N) is 1. The fourth-order valence-electron chi connectivity index (χ4n) is 1.15. The fraction of sp³-hybridized carbons (Fsp3) is 0.833. The first-order chi connectivity index (χ1) is 4.24. The maximum atomic E-state index is 9.01. The Kier molecular flexibility index (Phi) is 2.05. The molecule has 3 nitrogen and oxygen atoms in total. The molecule has 1 aliphatic heterocycles. The van der Waals surface area contributed by atoms with Crippen LogP contribution in [0.25, 0.3) is 0 Å². The van der Waals surface area contributed by atoms with Crippen molar-refractivity contribution in [2.75, 3.05) is 13.2 Å². The van der Waals surface area contributed by atoms with Crippen LogP contribution in [0.15, 0.2) is 0 Å². The molecule has 0 aromatic carbocycles. The molecule has 1 rings (SSSR count). The van der Waals surface area contributed by atoms with Gasteiger partial charge in [0.2, 0.25) is 0 Å². The Hall–Kier alpha value is -0.120. The van der Waals surface area contributed by atoms with Gasteiger partial charge < -0.3 is 15.1 Å². The van der Waals surface area contributed by atoms with E-state index >= 15 is 0 Å². The van der Waals surface area contributed by atoms with Gasteiger partial charge in [0, 0.05) is 6.04 Å². The number of β-amino-alcohol motifs (C(OH)–C–C–N with tert-alkyl or cyclic N) is 1. The zero-order valence-electron chi connectivity index (χ0n) is 5.32. The summed E-state index contributed by atoms with van der Waals surface area (Å²) in [6.07, 6.45) is 0.361. The first kappa shape index (κ1) is 6.99. The number of hydrogen-bond donors (Lipinski definition) is 2. The lowest BCUT2D eigenvalue weighted by atomic mass is 10.2. The molecule has 1 fully saturated rings. The first-order valence-corrected chi connectivity index (χ1v) is 3.10. The lowest BCUT2D eigenvalue weighted by Gasteiger charge is -2.24. The van der Waals surface area contributed by atoms with E-state index in [9.17, 15) is 0 Å². The predicted molar refractivity (Wildman–Crippen MR) is 33.6 cm³/mol. The largest absolute Gasteiger partial charge is 0.453 e. The second-order valence-electron chi connectivity index (χ2n) is 2.50. The Bertz CT molecular complexity index is 97.1. The van der Waals surface area contributed by atoms with Gasteiger partial charge in [0.05, 0.1) is 12.7 Å². The van der Waals surface area contributed by atoms with E-state index in [4.69, 9.17) is 10.2 Å². The molecule has 54 valence electrons. The summed E-state index contributed by atoms with van der Waals surface area (Å²) in [5, 5.41) is 17.7. The molecular formula is C6H12NO2-. The highest BCUT2D eigenvalue weighted by molar-refractivity contribution is 4.83. The first-order valence-electron chi connectivity index (χ1n) is 3.10. The Morgan fingerprint density at radius 3 is 2.56 bits per heavy atom. The average Bonchev–Trinajstić information content (AvgIpc) is 2.10. The van der Waals surface area contributed by atoms with Gasteiger partial charge in [-0.3, -0.25) is 7.05 Å². The highest BCUT2D eigenvalue weighted by Crippen LogP contribution is 2.14. The number of likely N-dealkylation sites (tertiary alicyclic amines) is 1. The Morgan fingerprint density at radius 1 is 1.67 bits per heavy atom. The monoisotopic (exact) mass is 130 g/mol. The van der Waals surface area contributed by atoms with Gasteiger partial charge in [-0.25, -0.2) is 0 Å². The van der Waals surface area contributed by atoms with Crippen LogP contribution in [0, 0.1) is 7.05 Å². The summed E-state index contributed by atoms with van der Waals surface area (Å²) in [4.78, 5) is 1.73. The van der Waals surface area contributed by atoms with E-state index in [1.807, 2.05) is 0 Å². The third-order valence-corrected chi connectivity index (χ3v) is 1.72. The van der Waals surface area contributed by atoms with Crippen LogP contribution in [0.2, 0.25) is 0 Å². The number of aliphatic hydroxyl groups is 2. The maximum Gasteiger partial charge on any atom is 0.0658 e. The minimum Gasteiger partial charge on any atom is -0.453 e. The average molecular weight is 130 g/mol. The van der Waals surface area contributed by atoms with Gasteiger partial charge >= 0.3 is 0 Å². The summed E-state index contributed by atoms with van der Waals surface area (Å²) in [6, 6.07) is 0.0694. The van der Waals surface area contributed by atoms with Crippen LogP contribution in [-0.2, 0) is 0 Å². The second kappa shape index (κ2) is 2.64. The SMILES string of the molecule is [CH2-]N1C[C@H](O)C[C@@H]1CO. The molecule has 0 aromatic rings. The highest BCUT2D eigenvalue weighted by Gasteiger charge is 2.22. The molecule has 0 radical (unpaired) electrons. The Balaban J connectivity index is 2.38. The van der Waals surface area contributed by atoms with Crippen LogP contribution < -0.4 is 0 Å². The Labute approximate surface area is 54.9 Å². The molecule has 0 amide bonds. The summed E-state index contributed by atoms with van der Waals surface area (Å²) < 4.78 is 0. The van der Waals surface area contributed by atoms with Gasteiger partial charge in [-0.2, -0.15) is 0 Å². The van der Waals surface area contributed by atoms with Crippen molar-refractivity contribution < 1.29 is 10.2 Å². The fourth-order valence-corrected chi connectivity index (χ4v) is 1.15. The van der Waals surface area contributed by atoms with Gasteiger partial charge in [-0.05, 0) is 13.0 Å². The van der Waals surface area contributed by atoms with Crippen molar-refractivity contribution >= 4 is 0 Å². The van der Waals surface area contributed by atoms with E-state index in [2.05, 4.69) is 7.05 Å². The summed E-state index contributed by atoms with van der Waals surface area (Å²) in [7, 11) is 3.65. The molecule has 0 bridgehead atoms. The molecule has 1 aliphatic rings. The van der Waals surface area contributed by atoms with Gasteiger partial charge in [-0.1, -0.05) is 0 Å². The minimum atomic E-state index is -0.292. The van der Waals surface area contributed by atoms with E-state index in [1.165, 1.54) is 0 Å². The van der Waals surface area contributed by atoms with Crippen LogP contribution in [0.3, 0.4) is 0 Å². The maximum absolute atomic E-state index is 9.01. The summed E-state index contributed by atoms with van der Waals surface area (Å²) in [5.74, 6) is 0. The quantitative estimate of drug-likeness (QED) is 0.457. The van der Waals surface area contributed by atoms with Crippen molar-refractivity contribution in [1.82, 2.24) is 4.90 Å². The van der Waals surface area contributed by atoms with E-state index in [-0.39, 0.29) is 18.8 Å². The molecule has 0 aliphatic carbocycles. The number of rotatable bonds is 1. The van der Waals surface area contributed by atoms with Gasteiger partial charge in [0.1, 0.15) is 0 Å². The highest BCUT2D eigenvalue weighted by atomic mass is 16.3. The molecule has 1 heterocycles. The number of aliphatic hydroxyl groups excluding tert-OH is 2. The van der Waals surface area contributed by atoms with Crippen molar-refractivity contribution in [3.8, 4) is 0 Å². The van der Waals surface area contributed by atoms with Crippen molar-refractivity contribution in [2.45, 2.75) is 18.6 Å². The predicted octanol–water partition coefficient (Wildman–Crippen LogP) is -0.795. The van der Waals surface area contributed by atoms with Gasteiger partial charge in [0.15, 0.2) is 0 Å². The molecule has 3 heteroatoms. The zero-order valence-corrected chi connectivity index (χ0v) is 5.32. The molecule has 0 aromatic heterocycles. The molecule has 2 N–H and O–H groups in total. The van der Waals surface area contributed by atoms with Gasteiger partial charge in [0.25, 0.3) is 0 Å². The lowest BCUT2D eigenvalue weighted by Crippen LogP contribution is -2.26. The number of hydrogen-bond acceptors (Lipinski definition) is 3. The van der Waals surface area contributed by atoms with E-state index in [1.54, 1.807) is 4.90 Å². The third-order valence-electron chi connectivity index (χ3n) is 1.72. The van der Waals surface area contributed by atoms with E-state index in [0.29, 0.717) is 13.0 Å². The normalized spacial score (nSPS) is 37.7. The molecular weight excluding hydrogens is 118 g/mol. The van der Waals surface area contributed by atoms with Crippen molar-refractivity contribution in [3.63, 3.8) is 0 Å². The molecule has 2 atom stereocenters. The zero-order chi connectivity index (χ0) is 6.85. The van der Waals surface area contributed by atoms with Crippen molar-refractivity contribution in [1.29, 1.82) is 0 Å². The van der Waals surface area contributed by atoms with Crippen LogP contribution in [0.5, 0.6) is 0 Å². The van der Waals surface area contributed by atoms with Crippen LogP contribution in [-0.4, -0.2) is 40.4 Å². The standard InChI is InChI=1S/C6H12NO2/c1-7-3-6(9)2-5(7)4-8/h5-6,8-9H,1-4H2/q-1/t5-,6-/m1/s1. The van der Waals surface area contributed by atoms with Crippen LogP contribution >= 0.6 is 0 Å². The van der Waals surface area contributed by atoms with E-state index in [0.717, 1.165) is 0 Å². The van der Waals surface area contributed by atoms with Crippen molar-refractivity contribution in [3.05, 3.63) is 7.05 Å². The minimum absolute atomic E-state index is 0.0694.